The van der Waals surface area contributed by atoms with Crippen molar-refractivity contribution in [3.63, 3.8) is 0 Å². The molecule has 3 heterocycles. The highest BCUT2D eigenvalue weighted by molar-refractivity contribution is 6.00. The van der Waals surface area contributed by atoms with Gasteiger partial charge in [0.1, 0.15) is 23.5 Å². The molecule has 2 aromatic rings. The fourth-order valence-electron chi connectivity index (χ4n) is 3.62. The van der Waals surface area contributed by atoms with Gasteiger partial charge in [0.05, 0.1) is 24.5 Å². The maximum atomic E-state index is 13.6. The first kappa shape index (κ1) is 16.0. The molecule has 1 amide bonds. The summed E-state index contributed by atoms with van der Waals surface area (Å²) in [4.78, 5) is 19.0. The number of carbonyl (C=O) groups is 1. The van der Waals surface area contributed by atoms with Gasteiger partial charge in [-0.3, -0.25) is 9.69 Å². The third kappa shape index (κ3) is 2.57. The Morgan fingerprint density at radius 2 is 2.00 bits per heavy atom. The lowest BCUT2D eigenvalue weighted by Gasteiger charge is -2.40. The van der Waals surface area contributed by atoms with Crippen LogP contribution in [0.2, 0.25) is 0 Å². The summed E-state index contributed by atoms with van der Waals surface area (Å²) in [6.45, 7) is 4.28. The van der Waals surface area contributed by atoms with E-state index in [-0.39, 0.29) is 17.8 Å². The van der Waals surface area contributed by atoms with E-state index < -0.39 is 0 Å². The molecule has 2 aliphatic heterocycles. The molecule has 0 aliphatic carbocycles. The van der Waals surface area contributed by atoms with Gasteiger partial charge in [-0.25, -0.2) is 4.39 Å². The van der Waals surface area contributed by atoms with E-state index in [4.69, 9.17) is 0 Å². The Labute approximate surface area is 145 Å². The fraction of sp³-hybridized carbons (Fsp3) is 0.471. The van der Waals surface area contributed by atoms with Gasteiger partial charge in [0.25, 0.3) is 0 Å². The Hall–Kier alpha value is -2.48. The van der Waals surface area contributed by atoms with Crippen LogP contribution in [0.5, 0.6) is 0 Å². The van der Waals surface area contributed by atoms with E-state index in [0.717, 1.165) is 23.0 Å². The van der Waals surface area contributed by atoms with Gasteiger partial charge in [0.15, 0.2) is 0 Å². The second-order valence-electron chi connectivity index (χ2n) is 6.75. The molecule has 7 nitrogen and oxygen atoms in total. The number of aromatic nitrogens is 3. The van der Waals surface area contributed by atoms with E-state index in [1.54, 1.807) is 11.0 Å². The zero-order chi connectivity index (χ0) is 17.7. The molecule has 1 unspecified atom stereocenters. The standard InChI is InChI=1S/C17H21FN6O/c1-11-19-20-16-10-22(3)15(9-24(11)16)17(25)23-7-6-21(2)14-8-12(18)4-5-13(14)23/h4-5,8,15H,6-7,9-10H2,1-3H3. The zero-order valence-corrected chi connectivity index (χ0v) is 14.6. The van der Waals surface area contributed by atoms with Crippen LogP contribution in [0.4, 0.5) is 15.8 Å². The molecule has 0 saturated carbocycles. The minimum Gasteiger partial charge on any atom is -0.371 e. The van der Waals surface area contributed by atoms with E-state index in [1.165, 1.54) is 12.1 Å². The first-order chi connectivity index (χ1) is 12.0. The maximum Gasteiger partial charge on any atom is 0.246 e. The predicted molar refractivity (Wildman–Crippen MR) is 92.0 cm³/mol. The van der Waals surface area contributed by atoms with Gasteiger partial charge in [0.2, 0.25) is 5.91 Å². The van der Waals surface area contributed by atoms with Crippen molar-refractivity contribution in [2.45, 2.75) is 26.1 Å². The van der Waals surface area contributed by atoms with Crippen molar-refractivity contribution in [2.75, 3.05) is 37.0 Å². The number of rotatable bonds is 1. The van der Waals surface area contributed by atoms with Crippen molar-refractivity contribution >= 4 is 17.3 Å². The zero-order valence-electron chi connectivity index (χ0n) is 14.6. The molecular weight excluding hydrogens is 323 g/mol. The summed E-state index contributed by atoms with van der Waals surface area (Å²) in [5, 5.41) is 8.27. The van der Waals surface area contributed by atoms with Crippen LogP contribution in [-0.4, -0.2) is 58.8 Å². The van der Waals surface area contributed by atoms with Crippen molar-refractivity contribution in [1.82, 2.24) is 19.7 Å². The Bertz CT molecular complexity index is 835. The molecule has 1 atom stereocenters. The lowest BCUT2D eigenvalue weighted by molar-refractivity contribution is -0.124. The lowest BCUT2D eigenvalue weighted by Crippen LogP contribution is -2.54. The number of benzene rings is 1. The van der Waals surface area contributed by atoms with Crippen LogP contribution in [0, 0.1) is 12.7 Å². The molecule has 8 heteroatoms. The normalized spacial score (nSPS) is 20.4. The highest BCUT2D eigenvalue weighted by atomic mass is 19.1. The highest BCUT2D eigenvalue weighted by Gasteiger charge is 2.36. The quantitative estimate of drug-likeness (QED) is 0.773. The topological polar surface area (TPSA) is 57.5 Å². The predicted octanol–water partition coefficient (Wildman–Crippen LogP) is 1.02. The van der Waals surface area contributed by atoms with Crippen LogP contribution in [0.15, 0.2) is 18.2 Å². The Morgan fingerprint density at radius 3 is 2.80 bits per heavy atom. The number of hydrogen-bond donors (Lipinski definition) is 0. The molecule has 1 aromatic carbocycles. The second-order valence-corrected chi connectivity index (χ2v) is 6.75. The molecule has 0 fully saturated rings. The number of carbonyl (C=O) groups excluding carboxylic acids is 1. The van der Waals surface area contributed by atoms with Crippen molar-refractivity contribution in [1.29, 1.82) is 0 Å². The number of amides is 1. The summed E-state index contributed by atoms with van der Waals surface area (Å²) in [6, 6.07) is 4.30. The van der Waals surface area contributed by atoms with E-state index in [2.05, 4.69) is 10.2 Å². The van der Waals surface area contributed by atoms with Crippen LogP contribution in [0.1, 0.15) is 11.6 Å². The van der Waals surface area contributed by atoms with Gasteiger partial charge in [-0.2, -0.15) is 0 Å². The average Bonchev–Trinajstić information content (AvgIpc) is 2.94. The summed E-state index contributed by atoms with van der Waals surface area (Å²) in [5.41, 5.74) is 1.51. The maximum absolute atomic E-state index is 13.6. The summed E-state index contributed by atoms with van der Waals surface area (Å²) < 4.78 is 15.6. The monoisotopic (exact) mass is 344 g/mol. The van der Waals surface area contributed by atoms with Gasteiger partial charge < -0.3 is 14.4 Å². The largest absolute Gasteiger partial charge is 0.371 e. The summed E-state index contributed by atoms with van der Waals surface area (Å²) in [7, 11) is 3.84. The molecule has 0 spiro atoms. The third-order valence-electron chi connectivity index (χ3n) is 5.14. The van der Waals surface area contributed by atoms with Crippen LogP contribution in [-0.2, 0) is 17.9 Å². The number of fused-ring (bicyclic) bond motifs is 2. The fourth-order valence-corrected chi connectivity index (χ4v) is 3.62. The molecule has 0 saturated heterocycles. The van der Waals surface area contributed by atoms with Crippen molar-refractivity contribution in [3.05, 3.63) is 35.7 Å². The average molecular weight is 344 g/mol. The van der Waals surface area contributed by atoms with E-state index in [0.29, 0.717) is 26.2 Å². The molecular formula is C17H21FN6O. The van der Waals surface area contributed by atoms with Gasteiger partial charge in [-0.05, 0) is 32.2 Å². The second kappa shape index (κ2) is 5.80. The number of halogens is 1. The van der Waals surface area contributed by atoms with Gasteiger partial charge in [-0.15, -0.1) is 10.2 Å². The highest BCUT2D eigenvalue weighted by Crippen LogP contribution is 2.34. The number of anilines is 2. The van der Waals surface area contributed by atoms with Crippen LogP contribution >= 0.6 is 0 Å². The van der Waals surface area contributed by atoms with E-state index in [1.807, 2.05) is 35.4 Å². The van der Waals surface area contributed by atoms with Gasteiger partial charge >= 0.3 is 0 Å². The molecule has 132 valence electrons. The van der Waals surface area contributed by atoms with Crippen LogP contribution in [0.3, 0.4) is 0 Å². The minimum absolute atomic E-state index is 0.0298. The van der Waals surface area contributed by atoms with Crippen LogP contribution in [0.25, 0.3) is 0 Å². The van der Waals surface area contributed by atoms with Crippen molar-refractivity contribution in [3.8, 4) is 0 Å². The number of nitrogens with zero attached hydrogens (tertiary/aromatic N) is 6. The summed E-state index contributed by atoms with van der Waals surface area (Å²) in [6.07, 6.45) is 0. The molecule has 0 N–H and O–H groups in total. The molecule has 4 rings (SSSR count). The van der Waals surface area contributed by atoms with E-state index >= 15 is 0 Å². The first-order valence-electron chi connectivity index (χ1n) is 8.36. The minimum atomic E-state index is -0.292. The van der Waals surface area contributed by atoms with Crippen molar-refractivity contribution < 1.29 is 9.18 Å². The molecule has 25 heavy (non-hydrogen) atoms. The van der Waals surface area contributed by atoms with Gasteiger partial charge in [-0.1, -0.05) is 0 Å². The molecule has 0 radical (unpaired) electrons. The summed E-state index contributed by atoms with van der Waals surface area (Å²) >= 11 is 0. The van der Waals surface area contributed by atoms with Crippen molar-refractivity contribution in [2.24, 2.45) is 0 Å². The Kier molecular flexibility index (Phi) is 3.72. The SMILES string of the molecule is Cc1nnc2n1CC(C(=O)N1CCN(C)c3cc(F)ccc31)N(C)C2. The van der Waals surface area contributed by atoms with Crippen LogP contribution < -0.4 is 9.80 Å². The number of likely N-dealkylation sites (N-methyl/N-ethyl adjacent to an activating group) is 2. The number of aryl methyl sites for hydroxylation is 1. The third-order valence-corrected chi connectivity index (χ3v) is 5.14. The van der Waals surface area contributed by atoms with Gasteiger partial charge in [0, 0.05) is 20.1 Å². The molecule has 2 aliphatic rings. The summed E-state index contributed by atoms with van der Waals surface area (Å²) in [5.74, 6) is 1.44. The Balaban J connectivity index is 1.66. The molecule has 1 aromatic heterocycles. The first-order valence-corrected chi connectivity index (χ1v) is 8.36. The number of hydrogen-bond acceptors (Lipinski definition) is 5. The van der Waals surface area contributed by atoms with E-state index in [9.17, 15) is 9.18 Å². The lowest BCUT2D eigenvalue weighted by atomic mass is 10.1. The smallest absolute Gasteiger partial charge is 0.246 e. The molecule has 0 bridgehead atoms. The Morgan fingerprint density at radius 1 is 1.20 bits per heavy atom.